The summed E-state index contributed by atoms with van der Waals surface area (Å²) in [6.07, 6.45) is 1.23. The van der Waals surface area contributed by atoms with Crippen molar-refractivity contribution in [1.82, 2.24) is 4.98 Å². The number of ether oxygens (including phenoxy) is 1. The van der Waals surface area contributed by atoms with Crippen LogP contribution in [0, 0.1) is 5.82 Å². The normalized spacial score (nSPS) is 10.1. The Hall–Kier alpha value is -2.63. The van der Waals surface area contributed by atoms with E-state index in [4.69, 9.17) is 15.6 Å². The molecule has 3 N–H and O–H groups in total. The Bertz CT molecular complexity index is 602. The van der Waals surface area contributed by atoms with Crippen molar-refractivity contribution in [3.63, 3.8) is 0 Å². The van der Waals surface area contributed by atoms with Gasteiger partial charge in [0.2, 0.25) is 5.88 Å². The molecule has 5 nitrogen and oxygen atoms in total. The minimum atomic E-state index is -1.20. The van der Waals surface area contributed by atoms with Gasteiger partial charge in [0.15, 0.2) is 11.6 Å². The lowest BCUT2D eigenvalue weighted by Crippen LogP contribution is -2.05. The minimum absolute atomic E-state index is 0.0701. The third-order valence-corrected chi connectivity index (χ3v) is 2.23. The molecule has 0 radical (unpaired) electrons. The van der Waals surface area contributed by atoms with Gasteiger partial charge in [-0.25, -0.2) is 14.2 Å². The summed E-state index contributed by atoms with van der Waals surface area (Å²) in [6, 6.07) is 6.94. The molecule has 0 fully saturated rings. The fraction of sp³-hybridized carbons (Fsp3) is 0. The van der Waals surface area contributed by atoms with E-state index in [0.29, 0.717) is 0 Å². The van der Waals surface area contributed by atoms with Crippen molar-refractivity contribution in [2.24, 2.45) is 0 Å². The largest absolute Gasteiger partial charge is 0.478 e. The number of pyridine rings is 1. The van der Waals surface area contributed by atoms with Gasteiger partial charge in [0.05, 0.1) is 5.56 Å². The second-order valence-corrected chi connectivity index (χ2v) is 3.41. The number of nitrogens with two attached hydrogens (primary N) is 1. The van der Waals surface area contributed by atoms with Gasteiger partial charge >= 0.3 is 5.97 Å². The molecule has 1 heterocycles. The molecule has 0 aliphatic carbocycles. The fourth-order valence-electron chi connectivity index (χ4n) is 1.35. The lowest BCUT2D eigenvalue weighted by Gasteiger charge is -2.09. The highest BCUT2D eigenvalue weighted by atomic mass is 19.1. The molecule has 0 bridgehead atoms. The predicted molar refractivity (Wildman–Crippen MR) is 62.1 cm³/mol. The first-order chi connectivity index (χ1) is 8.59. The summed E-state index contributed by atoms with van der Waals surface area (Å²) >= 11 is 0. The van der Waals surface area contributed by atoms with E-state index in [-0.39, 0.29) is 22.9 Å². The summed E-state index contributed by atoms with van der Waals surface area (Å²) in [4.78, 5) is 14.6. The van der Waals surface area contributed by atoms with Crippen LogP contribution in [0.2, 0.25) is 0 Å². The Kier molecular flexibility index (Phi) is 3.09. The van der Waals surface area contributed by atoms with Crippen LogP contribution >= 0.6 is 0 Å². The number of carbonyl (C=O) groups is 1. The zero-order chi connectivity index (χ0) is 13.1. The van der Waals surface area contributed by atoms with Gasteiger partial charge in [-0.15, -0.1) is 0 Å². The number of hydrogen-bond donors (Lipinski definition) is 2. The van der Waals surface area contributed by atoms with E-state index in [1.807, 2.05) is 0 Å². The van der Waals surface area contributed by atoms with Crippen LogP contribution in [0.5, 0.6) is 11.6 Å². The van der Waals surface area contributed by atoms with Crippen molar-refractivity contribution in [2.45, 2.75) is 0 Å². The Morgan fingerprint density at radius 3 is 2.72 bits per heavy atom. The predicted octanol–water partition coefficient (Wildman–Crippen LogP) is 2.29. The van der Waals surface area contributed by atoms with Crippen LogP contribution in [0.4, 0.5) is 10.1 Å². The van der Waals surface area contributed by atoms with Crippen LogP contribution in [-0.2, 0) is 0 Å². The standard InChI is InChI=1S/C12H9FN2O3/c13-8-3-1-2-4-9(8)18-11-10(14)7(12(16)17)5-6-15-11/h1-6H,14H2,(H,16,17). The van der Waals surface area contributed by atoms with E-state index in [2.05, 4.69) is 4.98 Å². The molecule has 2 rings (SSSR count). The van der Waals surface area contributed by atoms with Crippen LogP contribution in [0.1, 0.15) is 10.4 Å². The molecule has 0 aliphatic heterocycles. The summed E-state index contributed by atoms with van der Waals surface area (Å²) in [7, 11) is 0. The van der Waals surface area contributed by atoms with Gasteiger partial charge in [0.25, 0.3) is 0 Å². The zero-order valence-electron chi connectivity index (χ0n) is 9.13. The van der Waals surface area contributed by atoms with Gasteiger partial charge < -0.3 is 15.6 Å². The average molecular weight is 248 g/mol. The number of benzene rings is 1. The van der Waals surface area contributed by atoms with Crippen LogP contribution in [0.3, 0.4) is 0 Å². The van der Waals surface area contributed by atoms with Gasteiger partial charge in [-0.2, -0.15) is 0 Å². The lowest BCUT2D eigenvalue weighted by atomic mass is 10.2. The van der Waals surface area contributed by atoms with Gasteiger partial charge in [-0.05, 0) is 18.2 Å². The SMILES string of the molecule is Nc1c(C(=O)O)ccnc1Oc1ccccc1F. The molecule has 0 atom stereocenters. The van der Waals surface area contributed by atoms with E-state index < -0.39 is 11.8 Å². The number of halogens is 1. The van der Waals surface area contributed by atoms with Crippen LogP contribution < -0.4 is 10.5 Å². The lowest BCUT2D eigenvalue weighted by molar-refractivity contribution is 0.0697. The number of nitrogen functional groups attached to an aromatic ring is 1. The third-order valence-electron chi connectivity index (χ3n) is 2.23. The molecule has 0 saturated heterocycles. The van der Waals surface area contributed by atoms with Gasteiger partial charge in [-0.3, -0.25) is 0 Å². The summed E-state index contributed by atoms with van der Waals surface area (Å²) in [5.41, 5.74) is 5.30. The highest BCUT2D eigenvalue weighted by Gasteiger charge is 2.14. The third kappa shape index (κ3) is 2.22. The van der Waals surface area contributed by atoms with Crippen molar-refractivity contribution < 1.29 is 19.0 Å². The number of para-hydroxylation sites is 1. The minimum Gasteiger partial charge on any atom is -0.478 e. The average Bonchev–Trinajstić information content (AvgIpc) is 2.34. The number of aromatic nitrogens is 1. The van der Waals surface area contributed by atoms with E-state index in [1.54, 1.807) is 6.07 Å². The molecule has 0 aliphatic rings. The monoisotopic (exact) mass is 248 g/mol. The number of nitrogens with zero attached hydrogens (tertiary/aromatic N) is 1. The molecule has 0 amide bonds. The fourth-order valence-corrected chi connectivity index (χ4v) is 1.35. The summed E-state index contributed by atoms with van der Waals surface area (Å²) in [5, 5.41) is 8.87. The van der Waals surface area contributed by atoms with Crippen LogP contribution in [0.25, 0.3) is 0 Å². The highest BCUT2D eigenvalue weighted by molar-refractivity contribution is 5.94. The number of carboxylic acids is 1. The molecular formula is C12H9FN2O3. The smallest absolute Gasteiger partial charge is 0.338 e. The molecule has 18 heavy (non-hydrogen) atoms. The summed E-state index contributed by atoms with van der Waals surface area (Å²) in [6.45, 7) is 0. The first kappa shape index (κ1) is 11.8. The topological polar surface area (TPSA) is 85.4 Å². The molecule has 0 unspecified atom stereocenters. The van der Waals surface area contributed by atoms with Crippen molar-refractivity contribution in [3.8, 4) is 11.6 Å². The number of rotatable bonds is 3. The summed E-state index contributed by atoms with van der Waals surface area (Å²) < 4.78 is 18.5. The molecule has 1 aromatic heterocycles. The van der Waals surface area contributed by atoms with Crippen LogP contribution in [0.15, 0.2) is 36.5 Å². The first-order valence-corrected chi connectivity index (χ1v) is 4.99. The quantitative estimate of drug-likeness (QED) is 0.870. The number of anilines is 1. The Morgan fingerprint density at radius 2 is 2.06 bits per heavy atom. The van der Waals surface area contributed by atoms with Crippen LogP contribution in [-0.4, -0.2) is 16.1 Å². The highest BCUT2D eigenvalue weighted by Crippen LogP contribution is 2.28. The van der Waals surface area contributed by atoms with E-state index in [9.17, 15) is 9.18 Å². The maximum Gasteiger partial charge on any atom is 0.338 e. The second kappa shape index (κ2) is 4.70. The first-order valence-electron chi connectivity index (χ1n) is 4.99. The van der Waals surface area contributed by atoms with Crippen molar-refractivity contribution >= 4 is 11.7 Å². The van der Waals surface area contributed by atoms with E-state index in [0.717, 1.165) is 0 Å². The molecular weight excluding hydrogens is 239 g/mol. The van der Waals surface area contributed by atoms with Crippen molar-refractivity contribution in [1.29, 1.82) is 0 Å². The number of hydrogen-bond acceptors (Lipinski definition) is 4. The zero-order valence-corrected chi connectivity index (χ0v) is 9.13. The molecule has 0 spiro atoms. The maximum atomic E-state index is 13.4. The summed E-state index contributed by atoms with van der Waals surface area (Å²) in [5.74, 6) is -1.99. The maximum absolute atomic E-state index is 13.4. The van der Waals surface area contributed by atoms with E-state index in [1.165, 1.54) is 30.5 Å². The molecule has 2 aromatic rings. The molecule has 1 aromatic carbocycles. The molecule has 6 heteroatoms. The number of carboxylic acid groups (broad SMARTS) is 1. The van der Waals surface area contributed by atoms with Gasteiger partial charge in [0.1, 0.15) is 5.69 Å². The molecule has 0 saturated carbocycles. The Labute approximate surface area is 102 Å². The van der Waals surface area contributed by atoms with Crippen molar-refractivity contribution in [3.05, 3.63) is 47.9 Å². The van der Waals surface area contributed by atoms with E-state index >= 15 is 0 Å². The van der Waals surface area contributed by atoms with Gasteiger partial charge in [-0.1, -0.05) is 12.1 Å². The van der Waals surface area contributed by atoms with Gasteiger partial charge in [0, 0.05) is 6.20 Å². The van der Waals surface area contributed by atoms with Crippen molar-refractivity contribution in [2.75, 3.05) is 5.73 Å². The second-order valence-electron chi connectivity index (χ2n) is 3.41. The number of aromatic carboxylic acids is 1. The Morgan fingerprint density at radius 1 is 1.33 bits per heavy atom. The Balaban J connectivity index is 2.39. The molecule has 92 valence electrons.